The van der Waals surface area contributed by atoms with E-state index in [1.165, 1.54) is 11.3 Å². The molecule has 1 atom stereocenters. The molecule has 0 bridgehead atoms. The molecule has 4 aliphatic rings. The summed E-state index contributed by atoms with van der Waals surface area (Å²) in [5, 5.41) is 3.43. The van der Waals surface area contributed by atoms with E-state index in [1.807, 2.05) is 6.07 Å². The van der Waals surface area contributed by atoms with Crippen LogP contribution in [0.5, 0.6) is 0 Å². The first-order valence-corrected chi connectivity index (χ1v) is 10.4. The van der Waals surface area contributed by atoms with E-state index in [1.54, 1.807) is 0 Å². The maximum Gasteiger partial charge on any atom is 0.254 e. The molecule has 1 unspecified atom stereocenters. The third-order valence-electron chi connectivity index (χ3n) is 6.57. The van der Waals surface area contributed by atoms with Gasteiger partial charge in [-0.15, -0.1) is 0 Å². The van der Waals surface area contributed by atoms with Gasteiger partial charge in [-0.3, -0.25) is 4.79 Å². The zero-order chi connectivity index (χ0) is 18.2. The second kappa shape index (κ2) is 7.41. The molecular formula is C21H29N3O3. The molecule has 0 radical (unpaired) electrons. The number of benzene rings is 1. The third kappa shape index (κ3) is 3.35. The van der Waals surface area contributed by atoms with Crippen LogP contribution in [0.3, 0.4) is 0 Å². The molecule has 27 heavy (non-hydrogen) atoms. The average Bonchev–Trinajstić information content (AvgIpc) is 3.37. The molecule has 0 spiro atoms. The van der Waals surface area contributed by atoms with Crippen molar-refractivity contribution in [1.29, 1.82) is 0 Å². The minimum Gasteiger partial charge on any atom is -0.372 e. The number of amides is 1. The molecule has 146 valence electrons. The van der Waals surface area contributed by atoms with Crippen molar-refractivity contribution in [2.75, 3.05) is 44.3 Å². The Labute approximate surface area is 160 Å². The van der Waals surface area contributed by atoms with Crippen molar-refractivity contribution in [3.8, 4) is 0 Å². The fraction of sp³-hybridized carbons (Fsp3) is 0.667. The Bertz CT molecular complexity index is 690. The summed E-state index contributed by atoms with van der Waals surface area (Å²) in [7, 11) is 0. The van der Waals surface area contributed by atoms with Crippen LogP contribution < -0.4 is 10.2 Å². The Morgan fingerprint density at radius 2 is 1.89 bits per heavy atom. The van der Waals surface area contributed by atoms with Gasteiger partial charge in [0.05, 0.1) is 13.2 Å². The minimum atomic E-state index is 0.00227. The number of nitrogens with one attached hydrogen (secondary N) is 1. The second-order valence-electron chi connectivity index (χ2n) is 8.21. The van der Waals surface area contributed by atoms with Crippen LogP contribution in [0.2, 0.25) is 0 Å². The lowest BCUT2D eigenvalue weighted by atomic mass is 9.95. The van der Waals surface area contributed by atoms with Crippen LogP contribution in [0.1, 0.15) is 41.6 Å². The number of nitrogens with zero attached hydrogens (tertiary/aromatic N) is 2. The molecule has 1 amide bonds. The van der Waals surface area contributed by atoms with Gasteiger partial charge in [-0.2, -0.15) is 0 Å². The number of hydrogen-bond donors (Lipinski definition) is 1. The number of hydrogen-bond acceptors (Lipinski definition) is 5. The number of carbonyl (C=O) groups excluding carboxylic acids is 1. The fourth-order valence-electron chi connectivity index (χ4n) is 5.00. The van der Waals surface area contributed by atoms with Gasteiger partial charge in [-0.05, 0) is 56.0 Å². The van der Waals surface area contributed by atoms with Crippen molar-refractivity contribution >= 4 is 11.6 Å². The third-order valence-corrected chi connectivity index (χ3v) is 6.57. The molecule has 0 saturated carbocycles. The fourth-order valence-corrected chi connectivity index (χ4v) is 5.00. The Balaban J connectivity index is 1.25. The number of anilines is 1. The quantitative estimate of drug-likeness (QED) is 0.881. The summed E-state index contributed by atoms with van der Waals surface area (Å²) in [6.07, 6.45) is 4.46. The van der Waals surface area contributed by atoms with Crippen LogP contribution >= 0.6 is 0 Å². The normalized spacial score (nSPS) is 27.4. The number of piperidine rings is 2. The average molecular weight is 371 g/mol. The minimum absolute atomic E-state index is 0.00227. The molecule has 1 N–H and O–H groups in total. The molecule has 3 saturated heterocycles. The van der Waals surface area contributed by atoms with Crippen molar-refractivity contribution in [1.82, 2.24) is 10.2 Å². The maximum absolute atomic E-state index is 12.8. The van der Waals surface area contributed by atoms with E-state index in [9.17, 15) is 4.79 Å². The lowest BCUT2D eigenvalue weighted by molar-refractivity contribution is -0.0889. The van der Waals surface area contributed by atoms with Gasteiger partial charge >= 0.3 is 0 Å². The molecule has 4 aliphatic heterocycles. The largest absolute Gasteiger partial charge is 0.372 e. The van der Waals surface area contributed by atoms with Gasteiger partial charge in [0.25, 0.3) is 5.91 Å². The summed E-state index contributed by atoms with van der Waals surface area (Å²) in [6, 6.07) is 6.75. The highest BCUT2D eigenvalue weighted by Gasteiger charge is 2.34. The number of carbonyl (C=O) groups is 1. The molecule has 1 aromatic carbocycles. The van der Waals surface area contributed by atoms with Crippen LogP contribution in [0, 0.1) is 5.92 Å². The van der Waals surface area contributed by atoms with Crippen molar-refractivity contribution in [3.63, 3.8) is 0 Å². The van der Waals surface area contributed by atoms with E-state index in [0.717, 1.165) is 77.2 Å². The van der Waals surface area contributed by atoms with E-state index in [-0.39, 0.29) is 12.2 Å². The van der Waals surface area contributed by atoms with Crippen LogP contribution in [0.25, 0.3) is 0 Å². The predicted molar refractivity (Wildman–Crippen MR) is 103 cm³/mol. The Morgan fingerprint density at radius 1 is 1.07 bits per heavy atom. The summed E-state index contributed by atoms with van der Waals surface area (Å²) in [6.45, 7) is 6.27. The standard InChI is InChI=1S/C21H29N3O3/c25-20-19-4-3-17(12-16(19)14-24(20)18-2-1-7-22-13-18)23-8-5-15(6-9-23)21-26-10-11-27-21/h3-4,12,15,18,21-22H,1-2,5-11,13-14H2. The molecule has 5 rings (SSSR count). The van der Waals surface area contributed by atoms with Crippen LogP contribution in [0.4, 0.5) is 5.69 Å². The van der Waals surface area contributed by atoms with Gasteiger partial charge < -0.3 is 24.6 Å². The molecule has 0 aromatic heterocycles. The SMILES string of the molecule is O=C1c2ccc(N3CCC(C4OCCO4)CC3)cc2CN1C1CCCNC1. The molecule has 3 fully saturated rings. The first kappa shape index (κ1) is 17.5. The first-order valence-electron chi connectivity index (χ1n) is 10.4. The summed E-state index contributed by atoms with van der Waals surface area (Å²) in [5.41, 5.74) is 3.33. The molecule has 1 aromatic rings. The molecule has 4 heterocycles. The molecular weight excluding hydrogens is 342 g/mol. The number of ether oxygens (including phenoxy) is 2. The monoisotopic (exact) mass is 371 g/mol. The lowest BCUT2D eigenvalue weighted by Crippen LogP contribution is -2.46. The number of rotatable bonds is 3. The number of fused-ring (bicyclic) bond motifs is 1. The highest BCUT2D eigenvalue weighted by Crippen LogP contribution is 2.33. The lowest BCUT2D eigenvalue weighted by Gasteiger charge is -2.35. The van der Waals surface area contributed by atoms with E-state index >= 15 is 0 Å². The summed E-state index contributed by atoms with van der Waals surface area (Å²) in [4.78, 5) is 17.3. The van der Waals surface area contributed by atoms with Gasteiger partial charge in [-0.1, -0.05) is 0 Å². The van der Waals surface area contributed by atoms with Gasteiger partial charge in [-0.25, -0.2) is 0 Å². The predicted octanol–water partition coefficient (Wildman–Crippen LogP) is 1.98. The van der Waals surface area contributed by atoms with E-state index in [0.29, 0.717) is 12.0 Å². The molecule has 0 aliphatic carbocycles. The van der Waals surface area contributed by atoms with Gasteiger partial charge in [0.2, 0.25) is 0 Å². The van der Waals surface area contributed by atoms with E-state index in [2.05, 4.69) is 27.2 Å². The van der Waals surface area contributed by atoms with Crippen LogP contribution in [-0.2, 0) is 16.0 Å². The second-order valence-corrected chi connectivity index (χ2v) is 8.21. The Kier molecular flexibility index (Phi) is 4.80. The van der Waals surface area contributed by atoms with Crippen LogP contribution in [-0.4, -0.2) is 62.5 Å². The molecule has 6 heteroatoms. The highest BCUT2D eigenvalue weighted by molar-refractivity contribution is 5.99. The highest BCUT2D eigenvalue weighted by atomic mass is 16.7. The first-order chi connectivity index (χ1) is 13.3. The zero-order valence-electron chi connectivity index (χ0n) is 15.9. The van der Waals surface area contributed by atoms with Gasteiger partial charge in [0.1, 0.15) is 0 Å². The smallest absolute Gasteiger partial charge is 0.254 e. The van der Waals surface area contributed by atoms with Gasteiger partial charge in [0, 0.05) is 49.4 Å². The van der Waals surface area contributed by atoms with Gasteiger partial charge in [0.15, 0.2) is 6.29 Å². The topological polar surface area (TPSA) is 54.0 Å². The van der Waals surface area contributed by atoms with Crippen molar-refractivity contribution in [3.05, 3.63) is 29.3 Å². The van der Waals surface area contributed by atoms with Crippen molar-refractivity contribution in [2.24, 2.45) is 5.92 Å². The zero-order valence-corrected chi connectivity index (χ0v) is 15.9. The van der Waals surface area contributed by atoms with Crippen molar-refractivity contribution in [2.45, 2.75) is 44.6 Å². The van der Waals surface area contributed by atoms with Crippen molar-refractivity contribution < 1.29 is 14.3 Å². The van der Waals surface area contributed by atoms with E-state index < -0.39 is 0 Å². The van der Waals surface area contributed by atoms with E-state index in [4.69, 9.17) is 9.47 Å². The summed E-state index contributed by atoms with van der Waals surface area (Å²) >= 11 is 0. The Morgan fingerprint density at radius 3 is 2.63 bits per heavy atom. The maximum atomic E-state index is 12.8. The summed E-state index contributed by atoms with van der Waals surface area (Å²) in [5.74, 6) is 0.716. The molecule has 6 nitrogen and oxygen atoms in total. The summed E-state index contributed by atoms with van der Waals surface area (Å²) < 4.78 is 11.4. The van der Waals surface area contributed by atoms with Crippen LogP contribution in [0.15, 0.2) is 18.2 Å². The Hall–Kier alpha value is -1.63.